The van der Waals surface area contributed by atoms with Gasteiger partial charge in [0.2, 0.25) is 10.0 Å². The third-order valence-electron chi connectivity index (χ3n) is 2.15. The van der Waals surface area contributed by atoms with Crippen LogP contribution in [0.4, 0.5) is 5.69 Å². The molecule has 8 heteroatoms. The number of nitrogen functional groups attached to an aromatic ring is 1. The maximum absolute atomic E-state index is 12.1. The average Bonchev–Trinajstić information content (AvgIpc) is 2.38. The number of benzene rings is 1. The molecule has 7 nitrogen and oxygen atoms in total. The lowest BCUT2D eigenvalue weighted by Crippen LogP contribution is -2.31. The number of nitriles is 2. The second-order valence-corrected chi connectivity index (χ2v) is 5.20. The zero-order valence-electron chi connectivity index (χ0n) is 9.37. The van der Waals surface area contributed by atoms with Gasteiger partial charge in [-0.15, -0.1) is 0 Å². The molecule has 0 unspecified atom stereocenters. The van der Waals surface area contributed by atoms with Gasteiger partial charge in [-0.2, -0.15) is 14.8 Å². The molecule has 0 heterocycles. The molecule has 1 rings (SSSR count). The summed E-state index contributed by atoms with van der Waals surface area (Å²) < 4.78 is 25.0. The molecule has 0 radical (unpaired) electrons. The molecule has 0 saturated carbocycles. The highest BCUT2D eigenvalue weighted by Gasteiger charge is 2.23. The standard InChI is InChI=1S/C10H11N5O2S/c11-5-7-15(8-6-12)18(16,17)10-3-1-9(14-13)2-4-10/h1-4,14H,7-8,13H2. The quantitative estimate of drug-likeness (QED) is 0.439. The Morgan fingerprint density at radius 3 is 2.06 bits per heavy atom. The molecule has 1 aromatic carbocycles. The maximum Gasteiger partial charge on any atom is 0.244 e. The van der Waals surface area contributed by atoms with Crippen LogP contribution in [-0.4, -0.2) is 25.8 Å². The van der Waals surface area contributed by atoms with Crippen LogP contribution in [-0.2, 0) is 10.0 Å². The minimum atomic E-state index is -3.83. The molecule has 18 heavy (non-hydrogen) atoms. The highest BCUT2D eigenvalue weighted by atomic mass is 32.2. The average molecular weight is 265 g/mol. The molecular formula is C10H11N5O2S. The third-order valence-corrected chi connectivity index (χ3v) is 3.96. The van der Waals surface area contributed by atoms with E-state index in [9.17, 15) is 8.42 Å². The molecule has 0 atom stereocenters. The van der Waals surface area contributed by atoms with Gasteiger partial charge in [0.1, 0.15) is 13.1 Å². The number of hydrogen-bond donors (Lipinski definition) is 2. The number of nitrogens with two attached hydrogens (primary N) is 1. The Balaban J connectivity index is 3.11. The van der Waals surface area contributed by atoms with E-state index in [1.165, 1.54) is 24.3 Å². The minimum absolute atomic E-state index is 0.00648. The second kappa shape index (κ2) is 5.98. The fourth-order valence-electron chi connectivity index (χ4n) is 1.26. The summed E-state index contributed by atoms with van der Waals surface area (Å²) in [6.45, 7) is -0.737. The lowest BCUT2D eigenvalue weighted by Gasteiger charge is -2.15. The van der Waals surface area contributed by atoms with Crippen molar-refractivity contribution in [1.82, 2.24) is 4.31 Å². The van der Waals surface area contributed by atoms with Gasteiger partial charge in [-0.05, 0) is 24.3 Å². The van der Waals surface area contributed by atoms with Crippen molar-refractivity contribution < 1.29 is 8.42 Å². The van der Waals surface area contributed by atoms with E-state index in [1.807, 2.05) is 0 Å². The summed E-state index contributed by atoms with van der Waals surface area (Å²) in [6.07, 6.45) is 0. The van der Waals surface area contributed by atoms with Gasteiger partial charge in [0.05, 0.1) is 17.0 Å². The van der Waals surface area contributed by atoms with Gasteiger partial charge in [0, 0.05) is 5.69 Å². The van der Waals surface area contributed by atoms with Gasteiger partial charge in [0.25, 0.3) is 0 Å². The van der Waals surface area contributed by atoms with E-state index >= 15 is 0 Å². The van der Waals surface area contributed by atoms with Gasteiger partial charge in [-0.25, -0.2) is 8.42 Å². The highest BCUT2D eigenvalue weighted by Crippen LogP contribution is 2.17. The van der Waals surface area contributed by atoms with Gasteiger partial charge in [-0.1, -0.05) is 0 Å². The van der Waals surface area contributed by atoms with E-state index in [-0.39, 0.29) is 18.0 Å². The zero-order valence-corrected chi connectivity index (χ0v) is 10.2. The Bertz CT molecular complexity index is 566. The Kier molecular flexibility index (Phi) is 4.63. The summed E-state index contributed by atoms with van der Waals surface area (Å²) in [7, 11) is -3.83. The fraction of sp³-hybridized carbons (Fsp3) is 0.200. The molecule has 1 aromatic rings. The predicted molar refractivity (Wildman–Crippen MR) is 64.2 cm³/mol. The van der Waals surface area contributed by atoms with Gasteiger partial charge >= 0.3 is 0 Å². The fourth-order valence-corrected chi connectivity index (χ4v) is 2.49. The first-order valence-corrected chi connectivity index (χ1v) is 6.31. The topological polar surface area (TPSA) is 123 Å². The Morgan fingerprint density at radius 1 is 1.17 bits per heavy atom. The molecule has 0 amide bonds. The van der Waals surface area contributed by atoms with Crippen molar-refractivity contribution in [3.63, 3.8) is 0 Å². The molecule has 0 bridgehead atoms. The van der Waals surface area contributed by atoms with Crippen molar-refractivity contribution in [2.24, 2.45) is 5.84 Å². The molecule has 0 spiro atoms. The summed E-state index contributed by atoms with van der Waals surface area (Å²) >= 11 is 0. The van der Waals surface area contributed by atoms with Crippen LogP contribution in [0.15, 0.2) is 29.2 Å². The number of anilines is 1. The Morgan fingerprint density at radius 2 is 1.67 bits per heavy atom. The van der Waals surface area contributed by atoms with Crippen LogP contribution < -0.4 is 11.3 Å². The molecule has 0 aliphatic rings. The molecule has 3 N–H and O–H groups in total. The van der Waals surface area contributed by atoms with E-state index in [0.717, 1.165) is 4.31 Å². The smallest absolute Gasteiger partial charge is 0.244 e. The first-order valence-electron chi connectivity index (χ1n) is 4.87. The van der Waals surface area contributed by atoms with Crippen LogP contribution in [0.25, 0.3) is 0 Å². The van der Waals surface area contributed by atoms with Crippen LogP contribution >= 0.6 is 0 Å². The van der Waals surface area contributed by atoms with E-state index in [0.29, 0.717) is 5.69 Å². The molecule has 94 valence electrons. The largest absolute Gasteiger partial charge is 0.324 e. The number of rotatable bonds is 5. The SMILES string of the molecule is N#CCN(CC#N)S(=O)(=O)c1ccc(NN)cc1. The van der Waals surface area contributed by atoms with Crippen LogP contribution in [0.1, 0.15) is 0 Å². The van der Waals surface area contributed by atoms with Gasteiger partial charge in [-0.3, -0.25) is 5.84 Å². The van der Waals surface area contributed by atoms with Crippen LogP contribution in [0, 0.1) is 22.7 Å². The molecule has 0 aliphatic carbocycles. The van der Waals surface area contributed by atoms with E-state index in [4.69, 9.17) is 16.4 Å². The van der Waals surface area contributed by atoms with Crippen molar-refractivity contribution in [2.45, 2.75) is 4.90 Å². The van der Waals surface area contributed by atoms with Gasteiger partial charge in [0.15, 0.2) is 0 Å². The second-order valence-electron chi connectivity index (χ2n) is 3.26. The van der Waals surface area contributed by atoms with Crippen LogP contribution in [0.5, 0.6) is 0 Å². The summed E-state index contributed by atoms with van der Waals surface area (Å²) in [5, 5.41) is 17.1. The van der Waals surface area contributed by atoms with Crippen LogP contribution in [0.2, 0.25) is 0 Å². The minimum Gasteiger partial charge on any atom is -0.324 e. The van der Waals surface area contributed by atoms with E-state index in [1.54, 1.807) is 12.1 Å². The molecule has 0 aliphatic heterocycles. The lowest BCUT2D eigenvalue weighted by molar-refractivity contribution is 0.479. The monoisotopic (exact) mass is 265 g/mol. The first kappa shape index (κ1) is 13.9. The van der Waals surface area contributed by atoms with Crippen molar-refractivity contribution in [2.75, 3.05) is 18.5 Å². The number of hydrazine groups is 1. The van der Waals surface area contributed by atoms with Crippen molar-refractivity contribution in [3.8, 4) is 12.1 Å². The summed E-state index contributed by atoms with van der Waals surface area (Å²) in [5.41, 5.74) is 2.93. The number of nitrogens with one attached hydrogen (secondary N) is 1. The number of sulfonamides is 1. The summed E-state index contributed by atoms with van der Waals surface area (Å²) in [5.74, 6) is 5.17. The third kappa shape index (κ3) is 2.96. The lowest BCUT2D eigenvalue weighted by atomic mass is 10.3. The number of nitrogens with zero attached hydrogens (tertiary/aromatic N) is 3. The number of hydrogen-bond acceptors (Lipinski definition) is 6. The van der Waals surface area contributed by atoms with Crippen molar-refractivity contribution >= 4 is 15.7 Å². The first-order chi connectivity index (χ1) is 8.56. The predicted octanol–water partition coefficient (Wildman–Crippen LogP) is 0.0101. The highest BCUT2D eigenvalue weighted by molar-refractivity contribution is 7.89. The van der Waals surface area contributed by atoms with Crippen molar-refractivity contribution in [3.05, 3.63) is 24.3 Å². The zero-order chi connectivity index (χ0) is 13.6. The molecule has 0 fully saturated rings. The van der Waals surface area contributed by atoms with Crippen molar-refractivity contribution in [1.29, 1.82) is 10.5 Å². The van der Waals surface area contributed by atoms with Gasteiger partial charge < -0.3 is 5.43 Å². The maximum atomic E-state index is 12.1. The Hall–Kier alpha value is -2.13. The van der Waals surface area contributed by atoms with Crippen LogP contribution in [0.3, 0.4) is 0 Å². The van der Waals surface area contributed by atoms with E-state index in [2.05, 4.69) is 5.43 Å². The summed E-state index contributed by atoms with van der Waals surface area (Å²) in [6, 6.07) is 9.12. The molecule has 0 saturated heterocycles. The molecular weight excluding hydrogens is 254 g/mol. The Labute approximate surface area is 105 Å². The molecule has 0 aromatic heterocycles. The normalized spacial score (nSPS) is 10.7. The van der Waals surface area contributed by atoms with E-state index < -0.39 is 10.0 Å². The summed E-state index contributed by atoms with van der Waals surface area (Å²) in [4.78, 5) is 0.00648.